The van der Waals surface area contributed by atoms with E-state index in [0.29, 0.717) is 16.8 Å². The summed E-state index contributed by atoms with van der Waals surface area (Å²) in [6.45, 7) is -0.288. The molecule has 0 aliphatic rings. The molecule has 15 heteroatoms. The van der Waals surface area contributed by atoms with E-state index in [0.717, 1.165) is 15.8 Å². The molecule has 0 aliphatic carbocycles. The number of rotatable bonds is 10. The number of thiazole rings is 1. The van der Waals surface area contributed by atoms with Crippen LogP contribution in [0, 0.1) is 5.82 Å². The molecular weight excluding hydrogens is 604 g/mol. The third-order valence-corrected chi connectivity index (χ3v) is 9.75. The summed E-state index contributed by atoms with van der Waals surface area (Å²) in [5.41, 5.74) is 3.48. The smallest absolute Gasteiger partial charge is 0.241 e. The average molecular weight is 624 g/mol. The number of aromatic nitrogens is 5. The Morgan fingerprint density at radius 1 is 1.05 bits per heavy atom. The Bertz CT molecular complexity index is 1990. The fourth-order valence-electron chi connectivity index (χ4n) is 4.31. The maximum atomic E-state index is 13.8. The maximum absolute atomic E-state index is 13.8. The number of benzene rings is 3. The van der Waals surface area contributed by atoms with Gasteiger partial charge in [0.2, 0.25) is 11.8 Å². The van der Waals surface area contributed by atoms with E-state index in [4.69, 9.17) is 4.42 Å². The second-order valence-electron chi connectivity index (χ2n) is 9.15. The first-order valence-electron chi connectivity index (χ1n) is 12.4. The Morgan fingerprint density at radius 3 is 2.60 bits per heavy atom. The number of fused-ring (bicyclic) bond motifs is 1. The Labute approximate surface area is 245 Å². The number of nitrogens with one attached hydrogen (secondary N) is 1. The van der Waals surface area contributed by atoms with Crippen molar-refractivity contribution < 1.29 is 26.0 Å². The van der Waals surface area contributed by atoms with E-state index >= 15 is 0 Å². The van der Waals surface area contributed by atoms with Crippen LogP contribution in [0.3, 0.4) is 0 Å². The number of hydrogen-bond acceptors (Lipinski definition) is 10. The lowest BCUT2D eigenvalue weighted by atomic mass is 10.1. The number of halogens is 1. The molecule has 2 unspecified atom stereocenters. The fraction of sp³-hybridized carbons (Fsp3) is 0.111. The first-order valence-corrected chi connectivity index (χ1v) is 16.0. The molecule has 0 radical (unpaired) electrons. The van der Waals surface area contributed by atoms with Crippen LogP contribution in [0.2, 0.25) is 0 Å². The van der Waals surface area contributed by atoms with Gasteiger partial charge >= 0.3 is 0 Å². The molecule has 42 heavy (non-hydrogen) atoms. The van der Waals surface area contributed by atoms with Crippen LogP contribution in [0.1, 0.15) is 27.6 Å². The van der Waals surface area contributed by atoms with E-state index in [-0.39, 0.29) is 34.9 Å². The summed E-state index contributed by atoms with van der Waals surface area (Å²) in [6.07, 6.45) is 3.49. The first kappa shape index (κ1) is 28.0. The first-order chi connectivity index (χ1) is 20.2. The van der Waals surface area contributed by atoms with Crippen molar-refractivity contribution >= 4 is 42.7 Å². The van der Waals surface area contributed by atoms with Gasteiger partial charge in [0.25, 0.3) is 0 Å². The zero-order valence-corrected chi connectivity index (χ0v) is 23.9. The highest BCUT2D eigenvalue weighted by atomic mass is 32.2. The van der Waals surface area contributed by atoms with E-state index in [2.05, 4.69) is 25.0 Å². The number of sulfone groups is 1. The van der Waals surface area contributed by atoms with Crippen molar-refractivity contribution in [3.05, 3.63) is 113 Å². The van der Waals surface area contributed by atoms with Gasteiger partial charge in [0, 0.05) is 23.0 Å². The number of hydrogen-bond donors (Lipinski definition) is 1. The topological polar surface area (TPSA) is 156 Å². The molecule has 3 aromatic heterocycles. The minimum atomic E-state index is -3.97. The Morgan fingerprint density at radius 2 is 1.83 bits per heavy atom. The van der Waals surface area contributed by atoms with Crippen molar-refractivity contribution in [3.63, 3.8) is 0 Å². The van der Waals surface area contributed by atoms with Crippen molar-refractivity contribution in [2.75, 3.05) is 0 Å². The molecule has 0 fully saturated rings. The molecule has 214 valence electrons. The lowest BCUT2D eigenvalue weighted by molar-refractivity contribution is 0.440. The van der Waals surface area contributed by atoms with Gasteiger partial charge < -0.3 is 8.97 Å². The van der Waals surface area contributed by atoms with Gasteiger partial charge in [0.15, 0.2) is 15.1 Å². The predicted octanol–water partition coefficient (Wildman–Crippen LogP) is 4.26. The van der Waals surface area contributed by atoms with Gasteiger partial charge in [0.1, 0.15) is 10.8 Å². The maximum Gasteiger partial charge on any atom is 0.241 e. The fourth-order valence-corrected chi connectivity index (χ4v) is 7.70. The normalized spacial score (nSPS) is 13.4. The lowest BCUT2D eigenvalue weighted by Gasteiger charge is -2.12. The largest absolute Gasteiger partial charge is 0.760 e. The zero-order chi connectivity index (χ0) is 29.3. The second kappa shape index (κ2) is 11.6. The van der Waals surface area contributed by atoms with Crippen LogP contribution in [0.15, 0.2) is 89.6 Å². The Hall–Kier alpha value is -4.15. The summed E-state index contributed by atoms with van der Waals surface area (Å²) in [4.78, 5) is 4.62. The monoisotopic (exact) mass is 623 g/mol. The molecule has 3 heterocycles. The third-order valence-electron chi connectivity index (χ3n) is 6.25. The quantitative estimate of drug-likeness (QED) is 0.220. The average Bonchev–Trinajstić information content (AvgIpc) is 3.72. The minimum Gasteiger partial charge on any atom is -0.760 e. The highest BCUT2D eigenvalue weighted by Crippen LogP contribution is 2.38. The zero-order valence-electron chi connectivity index (χ0n) is 21.5. The summed E-state index contributed by atoms with van der Waals surface area (Å²) in [6, 6.07) is 20.2. The molecule has 1 N–H and O–H groups in total. The van der Waals surface area contributed by atoms with E-state index in [1.165, 1.54) is 23.5 Å². The van der Waals surface area contributed by atoms with Crippen LogP contribution in [0.4, 0.5) is 4.39 Å². The van der Waals surface area contributed by atoms with Gasteiger partial charge in [-0.05, 0) is 47.5 Å². The molecule has 11 nitrogen and oxygen atoms in total. The second-order valence-corrected chi connectivity index (χ2v) is 13.1. The van der Waals surface area contributed by atoms with Gasteiger partial charge in [-0.15, -0.1) is 21.5 Å². The van der Waals surface area contributed by atoms with Crippen LogP contribution < -0.4 is 4.72 Å². The van der Waals surface area contributed by atoms with Crippen LogP contribution in [0.25, 0.3) is 27.0 Å². The van der Waals surface area contributed by atoms with E-state index in [1.807, 2.05) is 18.3 Å². The highest BCUT2D eigenvalue weighted by Gasteiger charge is 2.37. The van der Waals surface area contributed by atoms with Crippen molar-refractivity contribution in [1.29, 1.82) is 0 Å². The summed E-state index contributed by atoms with van der Waals surface area (Å²) >= 11 is -1.39. The van der Waals surface area contributed by atoms with Gasteiger partial charge in [-0.25, -0.2) is 27.2 Å². The van der Waals surface area contributed by atoms with E-state index in [9.17, 15) is 21.6 Å². The molecule has 0 bridgehead atoms. The SMILES string of the molecule is O=S([O-])NCc1nnc(C(c2nc3ccc(-c4cnn(-c5ccc(F)cc5)c4)cc3s2)S(=O)(=O)Cc2ccccc2)o1. The molecule has 0 spiro atoms. The van der Waals surface area contributed by atoms with Crippen molar-refractivity contribution in [1.82, 2.24) is 29.7 Å². The molecule has 0 saturated heterocycles. The Kier molecular flexibility index (Phi) is 7.74. The van der Waals surface area contributed by atoms with Gasteiger partial charge in [-0.3, -0.25) is 4.21 Å². The van der Waals surface area contributed by atoms with Gasteiger partial charge in [-0.1, -0.05) is 36.4 Å². The molecule has 6 rings (SSSR count). The van der Waals surface area contributed by atoms with Crippen LogP contribution in [-0.2, 0) is 33.4 Å². The van der Waals surface area contributed by atoms with E-state index < -0.39 is 26.4 Å². The molecule has 3 aromatic carbocycles. The summed E-state index contributed by atoms with van der Waals surface area (Å²) < 4.78 is 72.8. The van der Waals surface area contributed by atoms with Crippen LogP contribution in [-0.4, -0.2) is 42.1 Å². The van der Waals surface area contributed by atoms with Crippen LogP contribution >= 0.6 is 11.3 Å². The molecule has 0 aliphatic heterocycles. The molecular formula is C27H20FN6O5S3-. The molecule has 0 saturated carbocycles. The van der Waals surface area contributed by atoms with Crippen molar-refractivity contribution in [2.24, 2.45) is 0 Å². The van der Waals surface area contributed by atoms with Crippen molar-refractivity contribution in [3.8, 4) is 16.8 Å². The van der Waals surface area contributed by atoms with Gasteiger partial charge in [0.05, 0.1) is 34.4 Å². The molecule has 6 aromatic rings. The third kappa shape index (κ3) is 6.05. The van der Waals surface area contributed by atoms with Gasteiger partial charge in [-0.2, -0.15) is 5.10 Å². The molecule has 0 amide bonds. The Balaban J connectivity index is 1.36. The minimum absolute atomic E-state index is 0.0873. The predicted molar refractivity (Wildman–Crippen MR) is 153 cm³/mol. The summed E-state index contributed by atoms with van der Waals surface area (Å²) in [5, 5.41) is 11.0. The summed E-state index contributed by atoms with van der Waals surface area (Å²) in [7, 11) is -3.97. The van der Waals surface area contributed by atoms with Crippen molar-refractivity contribution in [2.45, 2.75) is 17.5 Å². The van der Waals surface area contributed by atoms with E-state index in [1.54, 1.807) is 59.4 Å². The highest BCUT2D eigenvalue weighted by molar-refractivity contribution is 7.91. The summed E-state index contributed by atoms with van der Waals surface area (Å²) in [5.74, 6) is -0.938. The van der Waals surface area contributed by atoms with Crippen LogP contribution in [0.5, 0.6) is 0 Å². The lowest BCUT2D eigenvalue weighted by Crippen LogP contribution is -2.17. The standard InChI is InChI=1S/C27H21FN6O5S3/c28-20-7-9-21(10-8-20)34-15-19(13-29-34)18-6-11-22-23(12-18)40-27(31-22)25(26-33-32-24(39-26)14-30-41(35)36)42(37,38)16-17-4-2-1-3-5-17/h1-13,15,25,30H,14,16H2,(H,35,36)/p-1. The molecule has 2 atom stereocenters. The number of nitrogens with zero attached hydrogens (tertiary/aromatic N) is 5.